The molecule has 0 aliphatic carbocycles. The van der Waals surface area contributed by atoms with Gasteiger partial charge in [0.05, 0.1) is 12.7 Å². The van der Waals surface area contributed by atoms with E-state index in [1.807, 2.05) is 24.5 Å². The van der Waals surface area contributed by atoms with Gasteiger partial charge in [-0.2, -0.15) is 0 Å². The first-order valence-corrected chi connectivity index (χ1v) is 5.31. The van der Waals surface area contributed by atoms with Gasteiger partial charge in [-0.3, -0.25) is 9.88 Å². The van der Waals surface area contributed by atoms with Gasteiger partial charge in [0.25, 0.3) is 0 Å². The Kier molecular flexibility index (Phi) is 3.66. The summed E-state index contributed by atoms with van der Waals surface area (Å²) in [5.74, 6) is 0. The van der Waals surface area contributed by atoms with E-state index in [-0.39, 0.29) is 6.10 Å². The standard InChI is InChI=1S/C11H17N3O/c12-7-11-9-14(5-6-15-11)8-10-1-3-13-4-2-10/h1-4,11H,5-9,12H2/t11-/m1/s1. The molecule has 0 bridgehead atoms. The second kappa shape index (κ2) is 5.21. The fraction of sp³-hybridized carbons (Fsp3) is 0.545. The monoisotopic (exact) mass is 207 g/mol. The molecular formula is C11H17N3O. The number of nitrogens with zero attached hydrogens (tertiary/aromatic N) is 2. The molecule has 4 nitrogen and oxygen atoms in total. The van der Waals surface area contributed by atoms with Crippen molar-refractivity contribution in [2.24, 2.45) is 5.73 Å². The highest BCUT2D eigenvalue weighted by Gasteiger charge is 2.18. The van der Waals surface area contributed by atoms with Crippen LogP contribution in [-0.4, -0.2) is 42.2 Å². The summed E-state index contributed by atoms with van der Waals surface area (Å²) in [5, 5.41) is 0. The first kappa shape index (κ1) is 10.5. The lowest BCUT2D eigenvalue weighted by atomic mass is 10.2. The Morgan fingerprint density at radius 1 is 1.47 bits per heavy atom. The van der Waals surface area contributed by atoms with Crippen LogP contribution in [0.3, 0.4) is 0 Å². The van der Waals surface area contributed by atoms with Crippen molar-refractivity contribution < 1.29 is 4.74 Å². The Labute approximate surface area is 90.0 Å². The lowest BCUT2D eigenvalue weighted by molar-refractivity contribution is -0.0260. The van der Waals surface area contributed by atoms with Gasteiger partial charge in [0.15, 0.2) is 0 Å². The van der Waals surface area contributed by atoms with E-state index in [4.69, 9.17) is 10.5 Å². The van der Waals surface area contributed by atoms with Crippen LogP contribution in [-0.2, 0) is 11.3 Å². The molecule has 15 heavy (non-hydrogen) atoms. The second-order valence-corrected chi connectivity index (χ2v) is 3.82. The largest absolute Gasteiger partial charge is 0.374 e. The Hall–Kier alpha value is -0.970. The molecule has 1 aromatic heterocycles. The molecule has 2 rings (SSSR count). The molecule has 4 heteroatoms. The smallest absolute Gasteiger partial charge is 0.0824 e. The fourth-order valence-electron chi connectivity index (χ4n) is 1.81. The van der Waals surface area contributed by atoms with Crippen LogP contribution in [0.15, 0.2) is 24.5 Å². The molecule has 2 N–H and O–H groups in total. The zero-order valence-electron chi connectivity index (χ0n) is 8.80. The molecule has 0 saturated carbocycles. The van der Waals surface area contributed by atoms with Gasteiger partial charge in [0.1, 0.15) is 0 Å². The zero-order valence-corrected chi connectivity index (χ0v) is 8.80. The first-order chi connectivity index (χ1) is 7.38. The summed E-state index contributed by atoms with van der Waals surface area (Å²) < 4.78 is 5.52. The number of aromatic nitrogens is 1. The van der Waals surface area contributed by atoms with Gasteiger partial charge in [0.2, 0.25) is 0 Å². The van der Waals surface area contributed by atoms with Crippen molar-refractivity contribution in [2.75, 3.05) is 26.2 Å². The van der Waals surface area contributed by atoms with Crippen molar-refractivity contribution in [3.05, 3.63) is 30.1 Å². The topological polar surface area (TPSA) is 51.4 Å². The van der Waals surface area contributed by atoms with E-state index in [0.717, 1.165) is 26.2 Å². The van der Waals surface area contributed by atoms with Crippen molar-refractivity contribution in [1.29, 1.82) is 0 Å². The Balaban J connectivity index is 1.89. The average molecular weight is 207 g/mol. The van der Waals surface area contributed by atoms with E-state index in [1.165, 1.54) is 5.56 Å². The van der Waals surface area contributed by atoms with E-state index >= 15 is 0 Å². The molecule has 0 radical (unpaired) electrons. The predicted molar refractivity (Wildman–Crippen MR) is 58.3 cm³/mol. The summed E-state index contributed by atoms with van der Waals surface area (Å²) in [6, 6.07) is 4.10. The third-order valence-corrected chi connectivity index (χ3v) is 2.64. The number of ether oxygens (including phenoxy) is 1. The van der Waals surface area contributed by atoms with Crippen LogP contribution in [0.5, 0.6) is 0 Å². The molecule has 1 atom stereocenters. The molecule has 2 heterocycles. The maximum absolute atomic E-state index is 5.60. The molecule has 1 saturated heterocycles. The maximum atomic E-state index is 5.60. The van der Waals surface area contributed by atoms with E-state index in [1.54, 1.807) is 0 Å². The number of hydrogen-bond donors (Lipinski definition) is 1. The van der Waals surface area contributed by atoms with Crippen molar-refractivity contribution in [3.8, 4) is 0 Å². The van der Waals surface area contributed by atoms with Gasteiger partial charge < -0.3 is 10.5 Å². The number of morpholine rings is 1. The molecule has 0 aromatic carbocycles. The van der Waals surface area contributed by atoms with Gasteiger partial charge >= 0.3 is 0 Å². The third-order valence-electron chi connectivity index (χ3n) is 2.64. The lowest BCUT2D eigenvalue weighted by Crippen LogP contribution is -2.45. The second-order valence-electron chi connectivity index (χ2n) is 3.82. The Morgan fingerprint density at radius 2 is 2.27 bits per heavy atom. The fourth-order valence-corrected chi connectivity index (χ4v) is 1.81. The molecule has 82 valence electrons. The number of nitrogens with two attached hydrogens (primary N) is 1. The van der Waals surface area contributed by atoms with Gasteiger partial charge in [-0.05, 0) is 17.7 Å². The molecule has 0 spiro atoms. The van der Waals surface area contributed by atoms with Crippen LogP contribution in [0.1, 0.15) is 5.56 Å². The van der Waals surface area contributed by atoms with Gasteiger partial charge in [-0.1, -0.05) is 0 Å². The summed E-state index contributed by atoms with van der Waals surface area (Å²) in [6.45, 7) is 4.26. The van der Waals surface area contributed by atoms with E-state index < -0.39 is 0 Å². The summed E-state index contributed by atoms with van der Waals surface area (Å²) in [4.78, 5) is 6.38. The minimum atomic E-state index is 0.195. The SMILES string of the molecule is NC[C@@H]1CN(Cc2ccncc2)CCO1. The van der Waals surface area contributed by atoms with Crippen molar-refractivity contribution >= 4 is 0 Å². The molecule has 1 aliphatic heterocycles. The zero-order chi connectivity index (χ0) is 10.5. The number of hydrogen-bond acceptors (Lipinski definition) is 4. The normalized spacial score (nSPS) is 22.9. The first-order valence-electron chi connectivity index (χ1n) is 5.31. The van der Waals surface area contributed by atoms with Crippen molar-refractivity contribution in [3.63, 3.8) is 0 Å². The third kappa shape index (κ3) is 2.99. The van der Waals surface area contributed by atoms with E-state index in [0.29, 0.717) is 6.54 Å². The summed E-state index contributed by atoms with van der Waals surface area (Å²) in [6.07, 6.45) is 3.85. The lowest BCUT2D eigenvalue weighted by Gasteiger charge is -2.32. The van der Waals surface area contributed by atoms with Crippen LogP contribution >= 0.6 is 0 Å². The molecule has 1 aliphatic rings. The van der Waals surface area contributed by atoms with Crippen LogP contribution in [0.4, 0.5) is 0 Å². The highest BCUT2D eigenvalue weighted by atomic mass is 16.5. The maximum Gasteiger partial charge on any atom is 0.0824 e. The molecular weight excluding hydrogens is 190 g/mol. The highest BCUT2D eigenvalue weighted by Crippen LogP contribution is 2.08. The van der Waals surface area contributed by atoms with E-state index in [9.17, 15) is 0 Å². The highest BCUT2D eigenvalue weighted by molar-refractivity contribution is 5.09. The molecule has 1 aromatic rings. The quantitative estimate of drug-likeness (QED) is 0.771. The Morgan fingerprint density at radius 3 is 3.00 bits per heavy atom. The average Bonchev–Trinajstić information content (AvgIpc) is 2.31. The Bertz CT molecular complexity index is 291. The van der Waals surface area contributed by atoms with Crippen molar-refractivity contribution in [2.45, 2.75) is 12.6 Å². The number of pyridine rings is 1. The summed E-state index contributed by atoms with van der Waals surface area (Å²) >= 11 is 0. The molecule has 1 fully saturated rings. The van der Waals surface area contributed by atoms with Crippen molar-refractivity contribution in [1.82, 2.24) is 9.88 Å². The molecule has 0 unspecified atom stereocenters. The van der Waals surface area contributed by atoms with Gasteiger partial charge in [0, 0.05) is 38.6 Å². The van der Waals surface area contributed by atoms with Crippen LogP contribution in [0, 0.1) is 0 Å². The summed E-state index contributed by atoms with van der Waals surface area (Å²) in [7, 11) is 0. The minimum Gasteiger partial charge on any atom is -0.374 e. The van der Waals surface area contributed by atoms with Gasteiger partial charge in [-0.25, -0.2) is 0 Å². The predicted octanol–water partition coefficient (Wildman–Crippen LogP) is 0.241. The minimum absolute atomic E-state index is 0.195. The summed E-state index contributed by atoms with van der Waals surface area (Å²) in [5.41, 5.74) is 6.89. The van der Waals surface area contributed by atoms with Crippen LogP contribution in [0.2, 0.25) is 0 Å². The van der Waals surface area contributed by atoms with Crippen LogP contribution < -0.4 is 5.73 Å². The molecule has 0 amide bonds. The van der Waals surface area contributed by atoms with E-state index in [2.05, 4.69) is 9.88 Å². The van der Waals surface area contributed by atoms with Gasteiger partial charge in [-0.15, -0.1) is 0 Å². The number of rotatable bonds is 3. The van der Waals surface area contributed by atoms with Crippen LogP contribution in [0.25, 0.3) is 0 Å².